The number of carbonyl (C=O) groups is 1. The zero-order chi connectivity index (χ0) is 21.5. The van der Waals surface area contributed by atoms with Gasteiger partial charge in [-0.05, 0) is 25.0 Å². The largest absolute Gasteiger partial charge is 0.383 e. The highest BCUT2D eigenvalue weighted by Crippen LogP contribution is 2.39. The topological polar surface area (TPSA) is 79.8 Å². The number of aromatic nitrogens is 2. The lowest BCUT2D eigenvalue weighted by molar-refractivity contribution is -0.121. The Balaban J connectivity index is 1.39. The number of nitrogens with one attached hydrogen (secondary N) is 1. The van der Waals surface area contributed by atoms with Crippen LogP contribution in [0.4, 0.5) is 5.82 Å². The van der Waals surface area contributed by atoms with E-state index < -0.39 is 0 Å². The third kappa shape index (κ3) is 6.12. The van der Waals surface area contributed by atoms with Crippen LogP contribution in [0.2, 0.25) is 0 Å². The molecule has 1 amide bonds. The fourth-order valence-corrected chi connectivity index (χ4v) is 3.87. The Kier molecular flexibility index (Phi) is 7.66. The number of benzene rings is 1. The van der Waals surface area contributed by atoms with Gasteiger partial charge in [-0.15, -0.1) is 0 Å². The van der Waals surface area contributed by atoms with E-state index in [1.54, 1.807) is 7.11 Å². The molecule has 31 heavy (non-hydrogen) atoms. The second-order valence-corrected chi connectivity index (χ2v) is 8.23. The van der Waals surface area contributed by atoms with Crippen LogP contribution in [0.5, 0.6) is 0 Å². The fourth-order valence-electron chi connectivity index (χ4n) is 3.87. The predicted molar refractivity (Wildman–Crippen MR) is 120 cm³/mol. The van der Waals surface area contributed by atoms with Crippen LogP contribution in [0.25, 0.3) is 10.9 Å². The number of para-hydroxylation sites is 1. The maximum Gasteiger partial charge on any atom is 0.221 e. The average Bonchev–Trinajstić information content (AvgIpc) is 3.65. The molecule has 0 radical (unpaired) electrons. The molecule has 0 bridgehead atoms. The van der Waals surface area contributed by atoms with Crippen molar-refractivity contribution in [3.05, 3.63) is 30.1 Å². The van der Waals surface area contributed by atoms with Gasteiger partial charge in [-0.1, -0.05) is 12.1 Å². The molecular formula is C23H33N5O3. The van der Waals surface area contributed by atoms with Gasteiger partial charge in [-0.3, -0.25) is 9.69 Å². The third-order valence-electron chi connectivity index (χ3n) is 5.87. The summed E-state index contributed by atoms with van der Waals surface area (Å²) in [6, 6.07) is 8.12. The first-order valence-corrected chi connectivity index (χ1v) is 11.3. The van der Waals surface area contributed by atoms with Crippen molar-refractivity contribution in [3.63, 3.8) is 0 Å². The predicted octanol–water partition coefficient (Wildman–Crippen LogP) is 1.80. The zero-order valence-corrected chi connectivity index (χ0v) is 18.4. The maximum atomic E-state index is 12.5. The van der Waals surface area contributed by atoms with Crippen LogP contribution in [0, 0.1) is 0 Å². The van der Waals surface area contributed by atoms with Gasteiger partial charge in [-0.2, -0.15) is 0 Å². The van der Waals surface area contributed by atoms with E-state index >= 15 is 0 Å². The molecule has 2 heterocycles. The van der Waals surface area contributed by atoms with Crippen molar-refractivity contribution in [2.24, 2.45) is 0 Å². The first-order chi connectivity index (χ1) is 15.2. The Morgan fingerprint density at radius 1 is 1.23 bits per heavy atom. The van der Waals surface area contributed by atoms with Gasteiger partial charge in [0.15, 0.2) is 0 Å². The molecule has 2 fully saturated rings. The number of carbonyl (C=O) groups excluding carboxylic acids is 1. The van der Waals surface area contributed by atoms with Crippen molar-refractivity contribution < 1.29 is 14.3 Å². The van der Waals surface area contributed by atoms with Crippen LogP contribution in [0.15, 0.2) is 24.3 Å². The SMILES string of the molecule is COCCN(CCC(=O)NCCN1CCOCC1)c1nc(C2CC2)nc2ccccc12. The molecule has 0 atom stereocenters. The average molecular weight is 428 g/mol. The number of nitrogens with zero attached hydrogens (tertiary/aromatic N) is 4. The highest BCUT2D eigenvalue weighted by molar-refractivity contribution is 5.89. The van der Waals surface area contributed by atoms with Gasteiger partial charge < -0.3 is 19.7 Å². The molecule has 4 rings (SSSR count). The summed E-state index contributed by atoms with van der Waals surface area (Å²) in [6.45, 7) is 6.81. The van der Waals surface area contributed by atoms with E-state index in [0.717, 1.165) is 68.2 Å². The Bertz CT molecular complexity index is 867. The second kappa shape index (κ2) is 10.8. The quantitative estimate of drug-likeness (QED) is 0.586. The maximum absolute atomic E-state index is 12.5. The number of amides is 1. The molecule has 8 nitrogen and oxygen atoms in total. The minimum atomic E-state index is 0.0662. The fraction of sp³-hybridized carbons (Fsp3) is 0.609. The standard InChI is InChI=1S/C23H33N5O3/c1-30-15-14-28(10-8-21(29)24-9-11-27-12-16-31-17-13-27)23-19-4-2-3-5-20(19)25-22(26-23)18-6-7-18/h2-5,18H,6-17H2,1H3,(H,24,29). The van der Waals surface area contributed by atoms with E-state index in [1.165, 1.54) is 0 Å². The molecule has 0 spiro atoms. The van der Waals surface area contributed by atoms with Gasteiger partial charge in [-0.25, -0.2) is 9.97 Å². The highest BCUT2D eigenvalue weighted by Gasteiger charge is 2.28. The number of anilines is 1. The number of morpholine rings is 1. The molecule has 1 saturated heterocycles. The number of rotatable bonds is 11. The van der Waals surface area contributed by atoms with E-state index in [1.807, 2.05) is 18.2 Å². The van der Waals surface area contributed by atoms with Crippen molar-refractivity contribution in [3.8, 4) is 0 Å². The number of methoxy groups -OCH3 is 1. The molecule has 1 saturated carbocycles. The van der Waals surface area contributed by atoms with Crippen LogP contribution < -0.4 is 10.2 Å². The summed E-state index contributed by atoms with van der Waals surface area (Å²) >= 11 is 0. The molecule has 0 unspecified atom stereocenters. The summed E-state index contributed by atoms with van der Waals surface area (Å²) in [5.41, 5.74) is 0.965. The Morgan fingerprint density at radius 2 is 2.03 bits per heavy atom. The molecule has 1 aromatic carbocycles. The Hall–Kier alpha value is -2.29. The van der Waals surface area contributed by atoms with Crippen molar-refractivity contribution in [2.45, 2.75) is 25.2 Å². The summed E-state index contributed by atoms with van der Waals surface area (Å²) in [4.78, 5) is 26.7. The molecule has 2 aliphatic rings. The molecule has 2 aromatic rings. The van der Waals surface area contributed by atoms with Crippen molar-refractivity contribution in [1.82, 2.24) is 20.2 Å². The normalized spacial score (nSPS) is 17.1. The van der Waals surface area contributed by atoms with E-state index in [9.17, 15) is 4.79 Å². The molecule has 1 aromatic heterocycles. The lowest BCUT2D eigenvalue weighted by Gasteiger charge is -2.27. The third-order valence-corrected chi connectivity index (χ3v) is 5.87. The number of hydrogen-bond donors (Lipinski definition) is 1. The van der Waals surface area contributed by atoms with Gasteiger partial charge in [0.1, 0.15) is 11.6 Å². The Labute approximate surface area is 183 Å². The van der Waals surface area contributed by atoms with Crippen molar-refractivity contribution >= 4 is 22.6 Å². The zero-order valence-electron chi connectivity index (χ0n) is 18.4. The van der Waals surface area contributed by atoms with Crippen molar-refractivity contribution in [2.75, 3.05) is 71.1 Å². The lowest BCUT2D eigenvalue weighted by atomic mass is 10.2. The molecule has 168 valence electrons. The Morgan fingerprint density at radius 3 is 2.81 bits per heavy atom. The molecule has 8 heteroatoms. The number of fused-ring (bicyclic) bond motifs is 1. The van der Waals surface area contributed by atoms with Gasteiger partial charge in [0.25, 0.3) is 0 Å². The van der Waals surface area contributed by atoms with E-state index in [0.29, 0.717) is 38.6 Å². The molecular weight excluding hydrogens is 394 g/mol. The summed E-state index contributed by atoms with van der Waals surface area (Å²) < 4.78 is 10.7. The van der Waals surface area contributed by atoms with E-state index in [4.69, 9.17) is 19.4 Å². The molecule has 1 N–H and O–H groups in total. The molecule has 1 aliphatic heterocycles. The number of ether oxygens (including phenoxy) is 2. The minimum Gasteiger partial charge on any atom is -0.383 e. The van der Waals surface area contributed by atoms with Crippen LogP contribution in [0.3, 0.4) is 0 Å². The van der Waals surface area contributed by atoms with Crippen LogP contribution >= 0.6 is 0 Å². The van der Waals surface area contributed by atoms with E-state index in [2.05, 4.69) is 21.2 Å². The minimum absolute atomic E-state index is 0.0662. The highest BCUT2D eigenvalue weighted by atomic mass is 16.5. The summed E-state index contributed by atoms with van der Waals surface area (Å²) in [7, 11) is 1.70. The van der Waals surface area contributed by atoms with Gasteiger partial charge in [0, 0.05) is 64.1 Å². The van der Waals surface area contributed by atoms with Gasteiger partial charge in [0.05, 0.1) is 25.3 Å². The van der Waals surface area contributed by atoms with Crippen LogP contribution in [-0.4, -0.2) is 87.0 Å². The van der Waals surface area contributed by atoms with E-state index in [-0.39, 0.29) is 5.91 Å². The van der Waals surface area contributed by atoms with Gasteiger partial charge in [0.2, 0.25) is 5.91 Å². The summed E-state index contributed by atoms with van der Waals surface area (Å²) in [5.74, 6) is 2.37. The smallest absolute Gasteiger partial charge is 0.221 e. The van der Waals surface area contributed by atoms with Crippen LogP contribution in [-0.2, 0) is 14.3 Å². The summed E-state index contributed by atoms with van der Waals surface area (Å²) in [5, 5.41) is 4.08. The first-order valence-electron chi connectivity index (χ1n) is 11.3. The first kappa shape index (κ1) is 21.9. The lowest BCUT2D eigenvalue weighted by Crippen LogP contribution is -2.42. The van der Waals surface area contributed by atoms with Gasteiger partial charge >= 0.3 is 0 Å². The number of hydrogen-bond acceptors (Lipinski definition) is 7. The van der Waals surface area contributed by atoms with Crippen molar-refractivity contribution in [1.29, 1.82) is 0 Å². The summed E-state index contributed by atoms with van der Waals surface area (Å²) in [6.07, 6.45) is 2.73. The monoisotopic (exact) mass is 427 g/mol. The molecule has 1 aliphatic carbocycles. The second-order valence-electron chi connectivity index (χ2n) is 8.23. The van der Waals surface area contributed by atoms with Crippen LogP contribution in [0.1, 0.15) is 31.0 Å².